The molecule has 0 fully saturated rings. The van der Waals surface area contributed by atoms with Crippen molar-refractivity contribution in [1.82, 2.24) is 15.0 Å². The van der Waals surface area contributed by atoms with Crippen molar-refractivity contribution in [2.24, 2.45) is 0 Å². The van der Waals surface area contributed by atoms with Crippen LogP contribution in [0.4, 0.5) is 17.8 Å². The first kappa shape index (κ1) is 13.6. The number of nitrogens with two attached hydrogens (primary N) is 3. The minimum Gasteiger partial charge on any atom is -0.408 e. The number of benzene rings is 1. The first-order chi connectivity index (χ1) is 8.61. The molecule has 0 amide bonds. The molecule has 1 aromatic heterocycles. The molecule has 0 radical (unpaired) electrons. The largest absolute Gasteiger partial charge is 0.408 e. The van der Waals surface area contributed by atoms with Crippen LogP contribution in [0.5, 0.6) is 5.75 Å². The van der Waals surface area contributed by atoms with E-state index in [2.05, 4.69) is 19.5 Å². The highest BCUT2D eigenvalue weighted by Gasteiger charge is 1.93. The van der Waals surface area contributed by atoms with Gasteiger partial charge in [-0.15, -0.1) is 0 Å². The van der Waals surface area contributed by atoms with Crippen molar-refractivity contribution < 1.29 is 9.09 Å². The lowest BCUT2D eigenvalue weighted by molar-refractivity contribution is 0.525. The Morgan fingerprint density at radius 3 is 1.72 bits per heavy atom. The number of nitrogens with zero attached hydrogens (tertiary/aromatic N) is 3. The summed E-state index contributed by atoms with van der Waals surface area (Å²) >= 11 is 0. The summed E-state index contributed by atoms with van der Waals surface area (Å²) in [6, 6.07) is 8.99. The molecular weight excluding hydrogens is 255 g/mol. The maximum atomic E-state index is 9.85. The summed E-state index contributed by atoms with van der Waals surface area (Å²) in [7, 11) is -0.305. The highest BCUT2D eigenvalue weighted by Crippen LogP contribution is 2.12. The second kappa shape index (κ2) is 6.97. The molecule has 8 nitrogen and oxygen atoms in total. The standard InChI is InChI=1S/C6H5O2P.C3H6N6/c7-9-8-6-4-2-1-3-5-6;4-1-7-2(5)9-3(6)8-1/h1-5H;(H6,4,5,6,7,8,9). The van der Waals surface area contributed by atoms with Crippen LogP contribution in [0.3, 0.4) is 0 Å². The van der Waals surface area contributed by atoms with E-state index in [0.717, 1.165) is 0 Å². The molecule has 1 heterocycles. The zero-order valence-electron chi connectivity index (χ0n) is 9.22. The van der Waals surface area contributed by atoms with E-state index in [4.69, 9.17) is 17.2 Å². The van der Waals surface area contributed by atoms with Crippen LogP contribution >= 0.6 is 8.69 Å². The van der Waals surface area contributed by atoms with E-state index < -0.39 is 0 Å². The maximum absolute atomic E-state index is 9.85. The van der Waals surface area contributed by atoms with Crippen LogP contribution in [0.25, 0.3) is 0 Å². The SMILES string of the molecule is Nc1nc(N)nc(N)n1.O=POc1ccccc1. The molecule has 0 bridgehead atoms. The smallest absolute Gasteiger partial charge is 0.395 e. The van der Waals surface area contributed by atoms with Crippen LogP contribution in [0.15, 0.2) is 30.3 Å². The van der Waals surface area contributed by atoms with E-state index in [1.54, 1.807) is 12.1 Å². The van der Waals surface area contributed by atoms with Crippen LogP contribution in [-0.4, -0.2) is 15.0 Å². The lowest BCUT2D eigenvalue weighted by Crippen LogP contribution is -2.05. The molecule has 0 saturated heterocycles. The predicted molar refractivity (Wildman–Crippen MR) is 67.7 cm³/mol. The summed E-state index contributed by atoms with van der Waals surface area (Å²) in [4.78, 5) is 10.5. The second-order valence-corrected chi connectivity index (χ2v) is 3.22. The Morgan fingerprint density at radius 1 is 0.889 bits per heavy atom. The molecule has 2 rings (SSSR count). The van der Waals surface area contributed by atoms with Gasteiger partial charge in [0.25, 0.3) is 0 Å². The van der Waals surface area contributed by atoms with Gasteiger partial charge in [-0.2, -0.15) is 15.0 Å². The van der Waals surface area contributed by atoms with E-state index in [0.29, 0.717) is 5.75 Å². The molecule has 0 atom stereocenters. The minimum atomic E-state index is -0.305. The molecule has 0 aliphatic carbocycles. The van der Waals surface area contributed by atoms with Crippen LogP contribution < -0.4 is 21.7 Å². The van der Waals surface area contributed by atoms with Gasteiger partial charge in [0.1, 0.15) is 5.75 Å². The zero-order valence-corrected chi connectivity index (χ0v) is 10.1. The van der Waals surface area contributed by atoms with Crippen molar-refractivity contribution in [3.63, 3.8) is 0 Å². The summed E-state index contributed by atoms with van der Waals surface area (Å²) in [5, 5.41) is 0. The molecule has 1 aromatic carbocycles. The molecule has 2 aromatic rings. The molecule has 94 valence electrons. The number of nitrogen functional groups attached to an aromatic ring is 3. The van der Waals surface area contributed by atoms with Gasteiger partial charge in [-0.1, -0.05) is 18.2 Å². The van der Waals surface area contributed by atoms with Crippen molar-refractivity contribution in [3.05, 3.63) is 30.3 Å². The molecule has 18 heavy (non-hydrogen) atoms. The maximum Gasteiger partial charge on any atom is 0.395 e. The summed E-state index contributed by atoms with van der Waals surface area (Å²) < 4.78 is 14.5. The Labute approximate surface area is 104 Å². The third-order valence-electron chi connectivity index (χ3n) is 1.57. The van der Waals surface area contributed by atoms with Crippen LogP contribution in [0.1, 0.15) is 0 Å². The fourth-order valence-electron chi connectivity index (χ4n) is 0.951. The van der Waals surface area contributed by atoms with Gasteiger partial charge in [0.15, 0.2) is 0 Å². The Kier molecular flexibility index (Phi) is 5.27. The van der Waals surface area contributed by atoms with Crippen molar-refractivity contribution in [1.29, 1.82) is 0 Å². The molecule has 0 spiro atoms. The number of aromatic nitrogens is 3. The van der Waals surface area contributed by atoms with Gasteiger partial charge in [-0.3, -0.25) is 0 Å². The van der Waals surface area contributed by atoms with Crippen molar-refractivity contribution >= 4 is 26.5 Å². The average Bonchev–Trinajstić information content (AvgIpc) is 2.29. The molecule has 9 heteroatoms. The van der Waals surface area contributed by atoms with Gasteiger partial charge in [-0.25, -0.2) is 4.57 Å². The molecule has 0 unspecified atom stereocenters. The molecular formula is C9H11N6O2P. The Hall–Kier alpha value is -2.47. The number of anilines is 3. The lowest BCUT2D eigenvalue weighted by atomic mass is 10.3. The fraction of sp³-hybridized carbons (Fsp3) is 0. The third kappa shape index (κ3) is 5.04. The third-order valence-corrected chi connectivity index (χ3v) is 1.86. The van der Waals surface area contributed by atoms with E-state index >= 15 is 0 Å². The van der Waals surface area contributed by atoms with E-state index in [9.17, 15) is 4.57 Å². The van der Waals surface area contributed by atoms with E-state index in [-0.39, 0.29) is 26.5 Å². The summed E-state index contributed by atoms with van der Waals surface area (Å²) in [6.45, 7) is 0. The minimum absolute atomic E-state index is 0.0417. The van der Waals surface area contributed by atoms with Crippen LogP contribution in [-0.2, 0) is 4.57 Å². The lowest BCUT2D eigenvalue weighted by Gasteiger charge is -1.93. The monoisotopic (exact) mass is 266 g/mol. The van der Waals surface area contributed by atoms with Crippen molar-refractivity contribution in [3.8, 4) is 5.75 Å². The van der Waals surface area contributed by atoms with Gasteiger partial charge in [0.2, 0.25) is 17.8 Å². The van der Waals surface area contributed by atoms with E-state index in [1.807, 2.05) is 18.2 Å². The summed E-state index contributed by atoms with van der Waals surface area (Å²) in [5.41, 5.74) is 15.4. The van der Waals surface area contributed by atoms with Crippen molar-refractivity contribution in [2.75, 3.05) is 17.2 Å². The van der Waals surface area contributed by atoms with Gasteiger partial charge in [0.05, 0.1) is 0 Å². The topological polar surface area (TPSA) is 143 Å². The summed E-state index contributed by atoms with van der Waals surface area (Å²) in [6.07, 6.45) is 0. The van der Waals surface area contributed by atoms with Crippen LogP contribution in [0.2, 0.25) is 0 Å². The first-order valence-corrected chi connectivity index (χ1v) is 5.42. The number of hydrogen-bond donors (Lipinski definition) is 3. The summed E-state index contributed by atoms with van der Waals surface area (Å²) in [5.74, 6) is 0.745. The first-order valence-electron chi connectivity index (χ1n) is 4.69. The highest BCUT2D eigenvalue weighted by molar-refractivity contribution is 7.17. The Morgan fingerprint density at radius 2 is 1.33 bits per heavy atom. The van der Waals surface area contributed by atoms with Gasteiger partial charge >= 0.3 is 8.69 Å². The Bertz CT molecular complexity index is 459. The molecule has 6 N–H and O–H groups in total. The van der Waals surface area contributed by atoms with Gasteiger partial charge in [0, 0.05) is 0 Å². The molecule has 0 saturated carbocycles. The average molecular weight is 266 g/mol. The second-order valence-electron chi connectivity index (χ2n) is 2.89. The zero-order chi connectivity index (χ0) is 13.4. The van der Waals surface area contributed by atoms with Gasteiger partial charge < -0.3 is 21.7 Å². The molecule has 0 aliphatic rings. The molecule has 0 aliphatic heterocycles. The van der Waals surface area contributed by atoms with Crippen LogP contribution in [0, 0.1) is 0 Å². The normalized spacial score (nSPS) is 9.33. The number of rotatable bonds is 2. The van der Waals surface area contributed by atoms with Crippen molar-refractivity contribution in [2.45, 2.75) is 0 Å². The number of hydrogen-bond acceptors (Lipinski definition) is 8. The highest BCUT2D eigenvalue weighted by atomic mass is 31.1. The van der Waals surface area contributed by atoms with Gasteiger partial charge in [-0.05, 0) is 12.1 Å². The number of para-hydroxylation sites is 1. The Balaban J connectivity index is 0.000000180. The van der Waals surface area contributed by atoms with E-state index in [1.165, 1.54) is 0 Å². The fourth-order valence-corrected chi connectivity index (χ4v) is 1.16. The quantitative estimate of drug-likeness (QED) is 0.680. The predicted octanol–water partition coefficient (Wildman–Crippen LogP) is 0.890.